The molecular weight excluding hydrogens is 234 g/mol. The predicted molar refractivity (Wildman–Crippen MR) is 82.5 cm³/mol. The van der Waals surface area contributed by atoms with Crippen LogP contribution in [0.5, 0.6) is 0 Å². The molecule has 0 spiro atoms. The number of hydrogen-bond donors (Lipinski definition) is 0. The molecule has 0 saturated carbocycles. The van der Waals surface area contributed by atoms with Crippen LogP contribution in [0.3, 0.4) is 0 Å². The molecule has 1 atom stereocenters. The van der Waals surface area contributed by atoms with E-state index < -0.39 is 0 Å². The lowest BCUT2D eigenvalue weighted by molar-refractivity contribution is -0.106. The maximum atomic E-state index is 5.80. The van der Waals surface area contributed by atoms with Crippen LogP contribution in [0.2, 0.25) is 0 Å². The van der Waals surface area contributed by atoms with Gasteiger partial charge in [0.25, 0.3) is 0 Å². The van der Waals surface area contributed by atoms with Gasteiger partial charge in [-0.15, -0.1) is 0 Å². The molecular formula is C17H27NO. The Morgan fingerprint density at radius 3 is 2.47 bits per heavy atom. The molecule has 2 heteroatoms. The Morgan fingerprint density at radius 2 is 1.95 bits per heavy atom. The summed E-state index contributed by atoms with van der Waals surface area (Å²) in [4.78, 5) is 5.80. The zero-order valence-electron chi connectivity index (χ0n) is 12.9. The van der Waals surface area contributed by atoms with Gasteiger partial charge in [-0.1, -0.05) is 57.7 Å². The molecule has 0 aromatic rings. The van der Waals surface area contributed by atoms with Crippen LogP contribution in [0.1, 0.15) is 41.0 Å². The Bertz CT molecular complexity index is 396. The van der Waals surface area contributed by atoms with Crippen molar-refractivity contribution >= 4 is 0 Å². The second kappa shape index (κ2) is 6.76. The van der Waals surface area contributed by atoms with Crippen molar-refractivity contribution in [1.82, 2.24) is 5.06 Å². The van der Waals surface area contributed by atoms with E-state index in [1.165, 1.54) is 5.57 Å². The first kappa shape index (κ1) is 15.8. The monoisotopic (exact) mass is 261 g/mol. The van der Waals surface area contributed by atoms with Gasteiger partial charge in [-0.3, -0.25) is 9.90 Å². The topological polar surface area (TPSA) is 12.5 Å². The molecule has 0 aromatic carbocycles. The van der Waals surface area contributed by atoms with E-state index in [1.54, 1.807) is 0 Å². The predicted octanol–water partition coefficient (Wildman–Crippen LogP) is 4.63. The molecule has 0 amide bonds. The molecule has 1 aliphatic heterocycles. The fourth-order valence-electron chi connectivity index (χ4n) is 2.05. The summed E-state index contributed by atoms with van der Waals surface area (Å²) in [5.41, 5.74) is 2.32. The van der Waals surface area contributed by atoms with Gasteiger partial charge in [0.1, 0.15) is 0 Å². The molecule has 1 saturated heterocycles. The molecule has 1 unspecified atom stereocenters. The van der Waals surface area contributed by atoms with Gasteiger partial charge in [0, 0.05) is 17.5 Å². The van der Waals surface area contributed by atoms with Crippen LogP contribution < -0.4 is 0 Å². The number of hydrogen-bond acceptors (Lipinski definition) is 2. The smallest absolute Gasteiger partial charge is 0.0834 e. The van der Waals surface area contributed by atoms with Crippen LogP contribution in [-0.4, -0.2) is 17.7 Å². The lowest BCUT2D eigenvalue weighted by atomic mass is 9.91. The van der Waals surface area contributed by atoms with Gasteiger partial charge in [-0.05, 0) is 19.4 Å². The number of hydroxylamine groups is 2. The summed E-state index contributed by atoms with van der Waals surface area (Å²) in [6, 6.07) is 0.263. The second-order valence-electron chi connectivity index (χ2n) is 5.85. The van der Waals surface area contributed by atoms with E-state index in [0.717, 1.165) is 18.7 Å². The largest absolute Gasteiger partial charge is 0.273 e. The first-order valence-corrected chi connectivity index (χ1v) is 6.99. The standard InChI is InChI=1S/C17H27NO/c1-7-9-11-15(10-8-2)16-12-13-19-18(16)14(3)17(4,5)6/h7-11,16H,3,12-13H2,1-2,4-6H3/b9-7-,10-8-,15-11+. The van der Waals surface area contributed by atoms with E-state index in [2.05, 4.69) is 51.7 Å². The highest BCUT2D eigenvalue weighted by Crippen LogP contribution is 2.34. The average molecular weight is 261 g/mol. The first-order chi connectivity index (χ1) is 8.91. The third-order valence-corrected chi connectivity index (χ3v) is 3.26. The summed E-state index contributed by atoms with van der Waals surface area (Å²) in [6.07, 6.45) is 11.5. The molecule has 1 rings (SSSR count). The molecule has 1 fully saturated rings. The van der Waals surface area contributed by atoms with Crippen molar-refractivity contribution in [2.75, 3.05) is 6.61 Å². The third kappa shape index (κ3) is 4.10. The highest BCUT2D eigenvalue weighted by atomic mass is 16.7. The summed E-state index contributed by atoms with van der Waals surface area (Å²) in [7, 11) is 0. The minimum absolute atomic E-state index is 0.0181. The molecule has 0 N–H and O–H groups in total. The van der Waals surface area contributed by atoms with Crippen molar-refractivity contribution in [3.8, 4) is 0 Å². The van der Waals surface area contributed by atoms with Gasteiger partial charge in [0.15, 0.2) is 0 Å². The number of allylic oxidation sites excluding steroid dienone is 5. The molecule has 1 heterocycles. The van der Waals surface area contributed by atoms with Gasteiger partial charge < -0.3 is 0 Å². The minimum atomic E-state index is 0.0181. The van der Waals surface area contributed by atoms with Gasteiger partial charge in [0.2, 0.25) is 0 Å². The lowest BCUT2D eigenvalue weighted by Crippen LogP contribution is -2.33. The van der Waals surface area contributed by atoms with Crippen molar-refractivity contribution < 1.29 is 4.84 Å². The van der Waals surface area contributed by atoms with Gasteiger partial charge in [0.05, 0.1) is 12.6 Å². The van der Waals surface area contributed by atoms with E-state index in [9.17, 15) is 0 Å². The number of rotatable bonds is 4. The molecule has 2 nitrogen and oxygen atoms in total. The zero-order chi connectivity index (χ0) is 14.5. The summed E-state index contributed by atoms with van der Waals surface area (Å²) < 4.78 is 0. The van der Waals surface area contributed by atoms with Crippen molar-refractivity contribution in [3.05, 3.63) is 48.2 Å². The Labute approximate surface area is 118 Å². The average Bonchev–Trinajstić information content (AvgIpc) is 2.81. The van der Waals surface area contributed by atoms with Gasteiger partial charge >= 0.3 is 0 Å². The molecule has 1 aliphatic rings. The lowest BCUT2D eigenvalue weighted by Gasteiger charge is -2.34. The van der Waals surface area contributed by atoms with Gasteiger partial charge in [-0.25, -0.2) is 0 Å². The summed E-state index contributed by atoms with van der Waals surface area (Å²) >= 11 is 0. The molecule has 0 bridgehead atoms. The SMILES string of the molecule is C=C(N1OCCC1C(/C=C\C)=C/C=C\C)C(C)(C)C. The quantitative estimate of drug-likeness (QED) is 0.684. The first-order valence-electron chi connectivity index (χ1n) is 6.99. The Balaban J connectivity index is 2.99. The van der Waals surface area contributed by atoms with Crippen LogP contribution in [0.15, 0.2) is 48.2 Å². The van der Waals surface area contributed by atoms with Crippen LogP contribution in [-0.2, 0) is 4.84 Å². The van der Waals surface area contributed by atoms with E-state index >= 15 is 0 Å². The van der Waals surface area contributed by atoms with Crippen LogP contribution in [0.25, 0.3) is 0 Å². The van der Waals surface area contributed by atoms with E-state index in [4.69, 9.17) is 4.84 Å². The summed E-state index contributed by atoms with van der Waals surface area (Å²) in [5.74, 6) is 0. The van der Waals surface area contributed by atoms with Crippen molar-refractivity contribution in [2.24, 2.45) is 5.41 Å². The fraction of sp³-hybridized carbons (Fsp3) is 0.529. The van der Waals surface area contributed by atoms with Gasteiger partial charge in [-0.2, -0.15) is 0 Å². The molecule has 106 valence electrons. The Kier molecular flexibility index (Phi) is 5.61. The molecule has 19 heavy (non-hydrogen) atoms. The van der Waals surface area contributed by atoms with Crippen molar-refractivity contribution in [2.45, 2.75) is 47.1 Å². The Hall–Kier alpha value is -1.28. The summed E-state index contributed by atoms with van der Waals surface area (Å²) in [6.45, 7) is 15.5. The van der Waals surface area contributed by atoms with E-state index in [1.807, 2.05) is 25.0 Å². The van der Waals surface area contributed by atoms with E-state index in [0.29, 0.717) is 0 Å². The highest BCUT2D eigenvalue weighted by molar-refractivity contribution is 5.30. The van der Waals surface area contributed by atoms with Crippen LogP contribution >= 0.6 is 0 Å². The van der Waals surface area contributed by atoms with Crippen LogP contribution in [0, 0.1) is 5.41 Å². The number of nitrogens with zero attached hydrogens (tertiary/aromatic N) is 1. The fourth-order valence-corrected chi connectivity index (χ4v) is 2.05. The van der Waals surface area contributed by atoms with E-state index in [-0.39, 0.29) is 11.5 Å². The minimum Gasteiger partial charge on any atom is -0.273 e. The highest BCUT2D eigenvalue weighted by Gasteiger charge is 2.33. The molecule has 0 aliphatic carbocycles. The maximum Gasteiger partial charge on any atom is 0.0834 e. The normalized spacial score (nSPS) is 21.8. The Morgan fingerprint density at radius 1 is 1.26 bits per heavy atom. The maximum absolute atomic E-state index is 5.80. The second-order valence-corrected chi connectivity index (χ2v) is 5.85. The molecule has 0 aromatic heterocycles. The zero-order valence-corrected chi connectivity index (χ0v) is 12.9. The molecule has 0 radical (unpaired) electrons. The van der Waals surface area contributed by atoms with Crippen molar-refractivity contribution in [1.29, 1.82) is 0 Å². The van der Waals surface area contributed by atoms with Crippen LogP contribution in [0.4, 0.5) is 0 Å². The third-order valence-electron chi connectivity index (χ3n) is 3.26. The van der Waals surface area contributed by atoms with Crippen molar-refractivity contribution in [3.63, 3.8) is 0 Å². The summed E-state index contributed by atoms with van der Waals surface area (Å²) in [5, 5.41) is 2.00.